The zero-order valence-electron chi connectivity index (χ0n) is 20.4. The highest BCUT2D eigenvalue weighted by Crippen LogP contribution is 2.28. The molecule has 0 saturated heterocycles. The Kier molecular flexibility index (Phi) is 8.19. The average Bonchev–Trinajstić information content (AvgIpc) is 2.80. The molecule has 11 heteroatoms. The molecule has 1 fully saturated rings. The predicted molar refractivity (Wildman–Crippen MR) is 127 cm³/mol. The van der Waals surface area contributed by atoms with Gasteiger partial charge >= 0.3 is 18.1 Å². The van der Waals surface area contributed by atoms with Crippen molar-refractivity contribution in [3.63, 3.8) is 0 Å². The first-order valence-corrected chi connectivity index (χ1v) is 11.4. The Hall–Kier alpha value is -3.50. The van der Waals surface area contributed by atoms with E-state index < -0.39 is 11.7 Å². The summed E-state index contributed by atoms with van der Waals surface area (Å²) in [6.45, 7) is 7.88. The van der Waals surface area contributed by atoms with Gasteiger partial charge in [-0.2, -0.15) is 0 Å². The van der Waals surface area contributed by atoms with Crippen LogP contribution in [0.4, 0.5) is 15.4 Å². The molecule has 34 heavy (non-hydrogen) atoms. The van der Waals surface area contributed by atoms with Crippen molar-refractivity contribution in [2.45, 2.75) is 71.1 Å². The fraction of sp³-hybridized carbons (Fsp3) is 0.565. The Balaban J connectivity index is 1.69. The van der Waals surface area contributed by atoms with Gasteiger partial charge in [0.1, 0.15) is 5.60 Å². The van der Waals surface area contributed by atoms with E-state index >= 15 is 0 Å². The fourth-order valence-electron chi connectivity index (χ4n) is 3.79. The molecule has 11 nitrogen and oxygen atoms in total. The first kappa shape index (κ1) is 25.1. The molecule has 2 aromatic rings. The molecule has 2 N–H and O–H groups in total. The van der Waals surface area contributed by atoms with Crippen LogP contribution in [0, 0.1) is 0 Å². The molecule has 3 amide bonds. The van der Waals surface area contributed by atoms with Crippen molar-refractivity contribution >= 4 is 17.9 Å². The number of ether oxygens (including phenoxy) is 2. The van der Waals surface area contributed by atoms with Crippen LogP contribution in [0.2, 0.25) is 0 Å². The van der Waals surface area contributed by atoms with Crippen LogP contribution in [0.1, 0.15) is 53.4 Å². The molecule has 1 aliphatic rings. The van der Waals surface area contributed by atoms with E-state index in [2.05, 4.69) is 30.6 Å². The minimum Gasteiger partial charge on any atom is -0.467 e. The van der Waals surface area contributed by atoms with Gasteiger partial charge in [0.15, 0.2) is 5.82 Å². The largest absolute Gasteiger partial charge is 0.467 e. The molecule has 1 aliphatic carbocycles. The maximum Gasteiger partial charge on any atom is 0.407 e. The van der Waals surface area contributed by atoms with Crippen molar-refractivity contribution in [3.8, 4) is 17.3 Å². The number of anilines is 1. The highest BCUT2D eigenvalue weighted by atomic mass is 16.6. The minimum absolute atomic E-state index is 0.00529. The van der Waals surface area contributed by atoms with Gasteiger partial charge in [-0.3, -0.25) is 9.88 Å². The normalized spacial score (nSPS) is 18.0. The smallest absolute Gasteiger partial charge is 0.407 e. The summed E-state index contributed by atoms with van der Waals surface area (Å²) >= 11 is 0. The first-order chi connectivity index (χ1) is 16.2. The van der Waals surface area contributed by atoms with Crippen LogP contribution in [0.5, 0.6) is 6.01 Å². The third-order valence-corrected chi connectivity index (χ3v) is 5.32. The second-order valence-corrected chi connectivity index (χ2v) is 9.08. The molecule has 2 aromatic heterocycles. The average molecular weight is 472 g/mol. The molecule has 184 valence electrons. The number of nitrogens with zero attached hydrogens (tertiary/aromatic N) is 5. The molecule has 0 aromatic carbocycles. The van der Waals surface area contributed by atoms with Crippen molar-refractivity contribution in [1.82, 2.24) is 30.6 Å². The minimum atomic E-state index is -0.543. The zero-order valence-corrected chi connectivity index (χ0v) is 20.4. The third-order valence-electron chi connectivity index (χ3n) is 5.32. The summed E-state index contributed by atoms with van der Waals surface area (Å²) in [5.74, 6) is 0.465. The summed E-state index contributed by atoms with van der Waals surface area (Å²) < 4.78 is 10.3. The molecular weight excluding hydrogens is 438 g/mol. The lowest BCUT2D eigenvalue weighted by atomic mass is 9.90. The molecule has 0 atom stereocenters. The van der Waals surface area contributed by atoms with Crippen molar-refractivity contribution in [1.29, 1.82) is 0 Å². The van der Waals surface area contributed by atoms with E-state index in [0.29, 0.717) is 36.5 Å². The van der Waals surface area contributed by atoms with Crippen LogP contribution in [0.15, 0.2) is 24.8 Å². The summed E-state index contributed by atoms with van der Waals surface area (Å²) in [7, 11) is 1.50. The van der Waals surface area contributed by atoms with Crippen LogP contribution in [-0.4, -0.2) is 63.4 Å². The number of hydrogen-bond donors (Lipinski definition) is 2. The van der Waals surface area contributed by atoms with Gasteiger partial charge in [-0.25, -0.2) is 24.5 Å². The van der Waals surface area contributed by atoms with E-state index in [9.17, 15) is 9.59 Å². The second kappa shape index (κ2) is 11.1. The fourth-order valence-corrected chi connectivity index (χ4v) is 3.79. The number of nitrogens with one attached hydrogen (secondary N) is 2. The van der Waals surface area contributed by atoms with E-state index in [1.54, 1.807) is 29.7 Å². The van der Waals surface area contributed by atoms with Gasteiger partial charge in [-0.1, -0.05) is 0 Å². The van der Waals surface area contributed by atoms with Gasteiger partial charge in [-0.15, -0.1) is 0 Å². The van der Waals surface area contributed by atoms with Gasteiger partial charge in [0.05, 0.1) is 25.2 Å². The molecule has 2 heterocycles. The Morgan fingerprint density at radius 3 is 2.24 bits per heavy atom. The Labute approximate surface area is 199 Å². The van der Waals surface area contributed by atoms with E-state index in [-0.39, 0.29) is 24.1 Å². The summed E-state index contributed by atoms with van der Waals surface area (Å²) in [6, 6.07) is -0.00758. The quantitative estimate of drug-likeness (QED) is 0.656. The number of methoxy groups -OCH3 is 1. The highest BCUT2D eigenvalue weighted by molar-refractivity contribution is 5.91. The van der Waals surface area contributed by atoms with Gasteiger partial charge in [-0.05, 0) is 53.4 Å². The number of carbonyl (C=O) groups excluding carboxylic acids is 2. The van der Waals surface area contributed by atoms with Crippen molar-refractivity contribution < 1.29 is 19.1 Å². The number of alkyl carbamates (subject to hydrolysis) is 1. The number of aromatic nitrogens is 4. The standard InChI is InChI=1S/C23H33N7O4/c1-6-24-21(31)30(17-9-7-16(8-10-17)29-22(32)34-23(2,3)4)19-14-25-18(13-26-19)15-11-27-20(33-5)28-12-15/h11-14,16-17H,6-10H2,1-5H3,(H,24,31)(H,29,32). The zero-order chi connectivity index (χ0) is 24.7. The van der Waals surface area contributed by atoms with Gasteiger partial charge in [0.25, 0.3) is 0 Å². The van der Waals surface area contributed by atoms with Crippen LogP contribution in [0.3, 0.4) is 0 Å². The lowest BCUT2D eigenvalue weighted by Gasteiger charge is -2.36. The van der Waals surface area contributed by atoms with Crippen molar-refractivity contribution in [2.24, 2.45) is 0 Å². The number of amides is 3. The van der Waals surface area contributed by atoms with Gasteiger partial charge in [0, 0.05) is 36.6 Å². The Morgan fingerprint density at radius 1 is 1.03 bits per heavy atom. The van der Waals surface area contributed by atoms with Crippen LogP contribution >= 0.6 is 0 Å². The second-order valence-electron chi connectivity index (χ2n) is 9.08. The molecule has 0 spiro atoms. The molecule has 0 aliphatic heterocycles. The van der Waals surface area contributed by atoms with Crippen LogP contribution in [-0.2, 0) is 4.74 Å². The summed E-state index contributed by atoms with van der Waals surface area (Å²) in [5.41, 5.74) is 0.740. The molecule has 0 unspecified atom stereocenters. The first-order valence-electron chi connectivity index (χ1n) is 11.4. The molecule has 3 rings (SSSR count). The van der Waals surface area contributed by atoms with Crippen LogP contribution < -0.4 is 20.3 Å². The number of rotatable bonds is 6. The number of urea groups is 1. The number of carbonyl (C=O) groups is 2. The SMILES string of the molecule is CCNC(=O)N(c1cnc(-c2cnc(OC)nc2)cn1)C1CCC(NC(=O)OC(C)(C)C)CC1. The number of hydrogen-bond acceptors (Lipinski definition) is 8. The van der Waals surface area contributed by atoms with Gasteiger partial charge in [0.2, 0.25) is 0 Å². The Morgan fingerprint density at radius 2 is 1.71 bits per heavy atom. The molecule has 0 bridgehead atoms. The lowest BCUT2D eigenvalue weighted by molar-refractivity contribution is 0.0491. The van der Waals surface area contributed by atoms with E-state index in [0.717, 1.165) is 12.8 Å². The van der Waals surface area contributed by atoms with Crippen LogP contribution in [0.25, 0.3) is 11.3 Å². The summed E-state index contributed by atoms with van der Waals surface area (Å²) in [6.07, 6.45) is 8.87. The van der Waals surface area contributed by atoms with E-state index in [4.69, 9.17) is 9.47 Å². The summed E-state index contributed by atoms with van der Waals surface area (Å²) in [5, 5.41) is 5.80. The predicted octanol–water partition coefficient (Wildman–Crippen LogP) is 3.31. The maximum absolute atomic E-state index is 12.9. The Bertz CT molecular complexity index is 953. The maximum atomic E-state index is 12.9. The van der Waals surface area contributed by atoms with E-state index in [1.807, 2.05) is 27.7 Å². The van der Waals surface area contributed by atoms with Crippen molar-refractivity contribution in [2.75, 3.05) is 18.6 Å². The van der Waals surface area contributed by atoms with Gasteiger partial charge < -0.3 is 20.1 Å². The molecular formula is C23H33N7O4. The molecule has 1 saturated carbocycles. The van der Waals surface area contributed by atoms with Crippen molar-refractivity contribution in [3.05, 3.63) is 24.8 Å². The monoisotopic (exact) mass is 471 g/mol. The topological polar surface area (TPSA) is 131 Å². The highest BCUT2D eigenvalue weighted by Gasteiger charge is 2.32. The molecule has 0 radical (unpaired) electrons. The lowest BCUT2D eigenvalue weighted by Crippen LogP contribution is -2.50. The summed E-state index contributed by atoms with van der Waals surface area (Å²) in [4.78, 5) is 43.8. The third kappa shape index (κ3) is 6.75. The van der Waals surface area contributed by atoms with E-state index in [1.165, 1.54) is 7.11 Å².